The molecule has 1 aliphatic carbocycles. The third-order valence-electron chi connectivity index (χ3n) is 6.01. The lowest BCUT2D eigenvalue weighted by Crippen LogP contribution is -2.57. The van der Waals surface area contributed by atoms with Gasteiger partial charge in [-0.05, 0) is 30.5 Å². The summed E-state index contributed by atoms with van der Waals surface area (Å²) in [5.41, 5.74) is 5.33. The molecule has 2 aromatic rings. The van der Waals surface area contributed by atoms with E-state index in [9.17, 15) is 18.4 Å². The molecule has 2 N–H and O–H groups in total. The number of carbonyl (C=O) groups is 1. The summed E-state index contributed by atoms with van der Waals surface area (Å²) in [7, 11) is 0. The molecule has 2 aliphatic heterocycles. The highest BCUT2D eigenvalue weighted by Crippen LogP contribution is 2.36. The number of nitrogens with two attached hydrogens (primary N) is 1. The van der Waals surface area contributed by atoms with Gasteiger partial charge in [-0.1, -0.05) is 6.07 Å². The van der Waals surface area contributed by atoms with E-state index in [0.717, 1.165) is 25.0 Å². The van der Waals surface area contributed by atoms with Gasteiger partial charge in [0.2, 0.25) is 11.8 Å². The monoisotopic (exact) mass is 453 g/mol. The van der Waals surface area contributed by atoms with E-state index in [0.29, 0.717) is 37.6 Å². The summed E-state index contributed by atoms with van der Waals surface area (Å²) >= 11 is 0. The largest absolute Gasteiger partial charge is 0.473 e. The van der Waals surface area contributed by atoms with Crippen LogP contribution in [0.25, 0.3) is 0 Å². The lowest BCUT2D eigenvalue weighted by molar-refractivity contribution is -0.134. The number of hydrogen-bond donors (Lipinski definition) is 1. The normalized spacial score (nSPS) is 20.5. The van der Waals surface area contributed by atoms with Gasteiger partial charge in [-0.3, -0.25) is 9.36 Å². The fourth-order valence-corrected chi connectivity index (χ4v) is 4.12. The number of halogens is 3. The van der Waals surface area contributed by atoms with Crippen LogP contribution in [-0.4, -0.2) is 51.6 Å². The Kier molecular flexibility index (Phi) is 5.38. The molecule has 1 amide bonds. The zero-order valence-corrected chi connectivity index (χ0v) is 17.4. The van der Waals surface area contributed by atoms with Crippen LogP contribution >= 0.6 is 12.4 Å². The molecule has 2 fully saturated rings. The number of carbonyl (C=O) groups excluding carboxylic acids is 1. The van der Waals surface area contributed by atoms with E-state index < -0.39 is 22.9 Å². The van der Waals surface area contributed by atoms with Crippen LogP contribution in [0, 0.1) is 11.6 Å². The van der Waals surface area contributed by atoms with Gasteiger partial charge in [-0.2, -0.15) is 4.98 Å². The Hall–Kier alpha value is -2.72. The molecule has 5 rings (SSSR count). The van der Waals surface area contributed by atoms with Crippen molar-refractivity contribution in [3.63, 3.8) is 0 Å². The van der Waals surface area contributed by atoms with Crippen molar-refractivity contribution in [2.24, 2.45) is 5.73 Å². The van der Waals surface area contributed by atoms with E-state index in [-0.39, 0.29) is 36.8 Å². The van der Waals surface area contributed by atoms with Crippen molar-refractivity contribution in [3.8, 4) is 5.88 Å². The molecule has 1 unspecified atom stereocenters. The van der Waals surface area contributed by atoms with Crippen LogP contribution in [0.3, 0.4) is 0 Å². The highest BCUT2D eigenvalue weighted by molar-refractivity contribution is 5.89. The smallest absolute Gasteiger partial charge is 0.352 e. The zero-order valence-electron chi connectivity index (χ0n) is 16.6. The molecular formula is C20H22ClF2N5O3. The third-order valence-corrected chi connectivity index (χ3v) is 6.01. The first-order valence-electron chi connectivity index (χ1n) is 9.87. The van der Waals surface area contributed by atoms with E-state index in [2.05, 4.69) is 9.88 Å². The Morgan fingerprint density at radius 2 is 1.97 bits per heavy atom. The van der Waals surface area contributed by atoms with Crippen molar-refractivity contribution < 1.29 is 18.3 Å². The van der Waals surface area contributed by atoms with Crippen LogP contribution < -0.4 is 21.1 Å². The van der Waals surface area contributed by atoms with Gasteiger partial charge in [0.25, 0.3) is 0 Å². The molecule has 166 valence electrons. The predicted octanol–water partition coefficient (Wildman–Crippen LogP) is 1.04. The molecule has 1 atom stereocenters. The van der Waals surface area contributed by atoms with Crippen LogP contribution in [0.2, 0.25) is 0 Å². The second-order valence-corrected chi connectivity index (χ2v) is 8.14. The molecule has 11 heteroatoms. The summed E-state index contributed by atoms with van der Waals surface area (Å²) in [5.74, 6) is -1.10. The molecule has 31 heavy (non-hydrogen) atoms. The Morgan fingerprint density at radius 3 is 2.68 bits per heavy atom. The van der Waals surface area contributed by atoms with Crippen molar-refractivity contribution in [3.05, 3.63) is 51.9 Å². The fourth-order valence-electron chi connectivity index (χ4n) is 4.12. The van der Waals surface area contributed by atoms with Crippen LogP contribution in [0.15, 0.2) is 29.1 Å². The van der Waals surface area contributed by atoms with Crippen LogP contribution in [0.1, 0.15) is 18.4 Å². The highest BCUT2D eigenvalue weighted by atomic mass is 35.5. The lowest BCUT2D eigenvalue weighted by Gasteiger charge is -2.39. The maximum absolute atomic E-state index is 13.4. The maximum Gasteiger partial charge on any atom is 0.352 e. The van der Waals surface area contributed by atoms with Gasteiger partial charge in [-0.25, -0.2) is 13.6 Å². The van der Waals surface area contributed by atoms with Crippen molar-refractivity contribution in [1.29, 1.82) is 0 Å². The zero-order chi connectivity index (χ0) is 21.0. The molecule has 0 bridgehead atoms. The molecule has 1 saturated heterocycles. The summed E-state index contributed by atoms with van der Waals surface area (Å²) < 4.78 is 33.5. The van der Waals surface area contributed by atoms with E-state index in [1.807, 2.05) is 0 Å². The minimum Gasteiger partial charge on any atom is -0.473 e. The Balaban J connectivity index is 0.00000231. The minimum atomic E-state index is -0.959. The molecule has 3 heterocycles. The Bertz CT molecular complexity index is 1090. The number of piperazine rings is 1. The number of rotatable bonds is 4. The summed E-state index contributed by atoms with van der Waals surface area (Å²) in [5, 5.41) is 0. The van der Waals surface area contributed by atoms with Gasteiger partial charge in [-0.15, -0.1) is 12.4 Å². The van der Waals surface area contributed by atoms with Crippen LogP contribution in [0.5, 0.6) is 5.88 Å². The number of benzene rings is 1. The second-order valence-electron chi connectivity index (χ2n) is 8.14. The van der Waals surface area contributed by atoms with E-state index in [1.54, 1.807) is 15.5 Å². The highest BCUT2D eigenvalue weighted by Gasteiger charge is 2.49. The molecule has 3 aliphatic rings. The molecular weight excluding hydrogens is 432 g/mol. The average Bonchev–Trinajstić information content (AvgIpc) is 3.37. The first kappa shape index (κ1) is 21.5. The topological polar surface area (TPSA) is 93.7 Å². The van der Waals surface area contributed by atoms with Crippen molar-refractivity contribution in [1.82, 2.24) is 14.5 Å². The minimum absolute atomic E-state index is 0. The van der Waals surface area contributed by atoms with Crippen molar-refractivity contribution >= 4 is 24.1 Å². The van der Waals surface area contributed by atoms with Gasteiger partial charge in [0.1, 0.15) is 12.4 Å². The molecule has 1 aromatic carbocycles. The van der Waals surface area contributed by atoms with Gasteiger partial charge in [0.05, 0.1) is 18.1 Å². The number of hydrogen-bond acceptors (Lipinski definition) is 6. The van der Waals surface area contributed by atoms with Crippen LogP contribution in [-0.2, 0) is 17.9 Å². The number of amides is 1. The number of nitrogens with zero attached hydrogens (tertiary/aromatic N) is 4. The Labute approximate surface area is 183 Å². The van der Waals surface area contributed by atoms with E-state index in [1.165, 1.54) is 6.07 Å². The standard InChI is InChI=1S/C20H21F2N5O3.ClH/c21-14-2-1-12(7-15(14)22)11-30-16-8-17-26-6-5-25(18(28)20(23)3-4-20)9-13(26)10-27(17)19(29)24-16;/h1-2,7-8,13H,3-6,9-11,23H2;1H. The molecule has 0 spiro atoms. The average molecular weight is 454 g/mol. The summed E-state index contributed by atoms with van der Waals surface area (Å²) in [6.45, 7) is 2.02. The quantitative estimate of drug-likeness (QED) is 0.743. The third kappa shape index (κ3) is 3.85. The summed E-state index contributed by atoms with van der Waals surface area (Å²) in [6, 6.07) is 5.13. The van der Waals surface area contributed by atoms with E-state index in [4.69, 9.17) is 10.5 Å². The van der Waals surface area contributed by atoms with Gasteiger partial charge in [0, 0.05) is 25.7 Å². The number of fused-ring (bicyclic) bond motifs is 3. The number of anilines is 1. The number of aromatic nitrogens is 2. The van der Waals surface area contributed by atoms with E-state index >= 15 is 0 Å². The molecule has 8 nitrogen and oxygen atoms in total. The fraction of sp³-hybridized carbons (Fsp3) is 0.450. The Morgan fingerprint density at radius 1 is 1.19 bits per heavy atom. The first-order valence-corrected chi connectivity index (χ1v) is 9.87. The molecule has 1 aromatic heterocycles. The predicted molar refractivity (Wildman–Crippen MR) is 110 cm³/mol. The van der Waals surface area contributed by atoms with Gasteiger partial charge in [0.15, 0.2) is 11.6 Å². The maximum atomic E-state index is 13.4. The van der Waals surface area contributed by atoms with Gasteiger partial charge >= 0.3 is 5.69 Å². The van der Waals surface area contributed by atoms with Crippen molar-refractivity contribution in [2.75, 3.05) is 24.5 Å². The first-order chi connectivity index (χ1) is 14.3. The van der Waals surface area contributed by atoms with Gasteiger partial charge < -0.3 is 20.3 Å². The SMILES string of the molecule is Cl.NC1(C(=O)N2CCN3c4cc(OCc5ccc(F)c(F)c5)nc(=O)n4CC3C2)CC1. The van der Waals surface area contributed by atoms with Crippen molar-refractivity contribution in [2.45, 2.75) is 37.6 Å². The molecule has 1 saturated carbocycles. The lowest BCUT2D eigenvalue weighted by atomic mass is 10.1. The summed E-state index contributed by atoms with van der Waals surface area (Å²) in [6.07, 6.45) is 1.44. The molecule has 0 radical (unpaired) electrons. The van der Waals surface area contributed by atoms with Crippen LogP contribution in [0.4, 0.5) is 14.6 Å². The summed E-state index contributed by atoms with van der Waals surface area (Å²) in [4.78, 5) is 32.9. The number of ether oxygens (including phenoxy) is 1. The second kappa shape index (κ2) is 7.76.